The van der Waals surface area contributed by atoms with Gasteiger partial charge < -0.3 is 21.2 Å². The van der Waals surface area contributed by atoms with Crippen molar-refractivity contribution in [2.75, 3.05) is 5.32 Å². The maximum absolute atomic E-state index is 13.7. The molecule has 1 atom stereocenters. The van der Waals surface area contributed by atoms with Crippen LogP contribution in [0.5, 0.6) is 0 Å². The average molecular weight is 551 g/mol. The molecular weight excluding hydrogens is 529 g/mol. The number of rotatable bonds is 7. The minimum Gasteiger partial charge on any atom is -0.365 e. The number of nitro groups is 1. The first-order valence-electron chi connectivity index (χ1n) is 11.0. The SMILES string of the molecule is Cc1c(-c2cc(C(F)(F)F)nc3sc(C(N)=O)c(NC(=O)C(C)Cn4nc([N+](=O)[O-])cc4C)c23)cnn1C. The van der Waals surface area contributed by atoms with Gasteiger partial charge in [-0.05, 0) is 30.4 Å². The lowest BCUT2D eigenvalue weighted by atomic mass is 10.0. The fourth-order valence-electron chi connectivity index (χ4n) is 3.87. The predicted octanol–water partition coefficient (Wildman–Crippen LogP) is 3.81. The molecule has 4 aromatic rings. The number of primary amides is 1. The number of halogens is 3. The van der Waals surface area contributed by atoms with Gasteiger partial charge in [0.25, 0.3) is 5.91 Å². The molecule has 0 aromatic carbocycles. The lowest BCUT2D eigenvalue weighted by molar-refractivity contribution is -0.389. The van der Waals surface area contributed by atoms with E-state index >= 15 is 0 Å². The summed E-state index contributed by atoms with van der Waals surface area (Å²) in [6.07, 6.45) is -3.40. The summed E-state index contributed by atoms with van der Waals surface area (Å²) < 4.78 is 43.9. The minimum absolute atomic E-state index is 0.0372. The largest absolute Gasteiger partial charge is 0.433 e. The topological polar surface area (TPSA) is 164 Å². The molecule has 16 heteroatoms. The van der Waals surface area contributed by atoms with Crippen LogP contribution in [0.4, 0.5) is 24.7 Å². The van der Waals surface area contributed by atoms with Crippen molar-refractivity contribution in [3.8, 4) is 11.1 Å². The van der Waals surface area contributed by atoms with Crippen molar-refractivity contribution in [2.45, 2.75) is 33.5 Å². The first-order valence-corrected chi connectivity index (χ1v) is 11.8. The van der Waals surface area contributed by atoms with Crippen molar-refractivity contribution in [1.29, 1.82) is 0 Å². The molecule has 0 bridgehead atoms. The number of thiophene rings is 1. The van der Waals surface area contributed by atoms with Crippen LogP contribution in [0.2, 0.25) is 0 Å². The van der Waals surface area contributed by atoms with Crippen LogP contribution in [0.3, 0.4) is 0 Å². The third-order valence-electron chi connectivity index (χ3n) is 6.00. The number of alkyl halides is 3. The summed E-state index contributed by atoms with van der Waals surface area (Å²) in [6, 6.07) is 2.10. The van der Waals surface area contributed by atoms with Gasteiger partial charge in [0.15, 0.2) is 0 Å². The quantitative estimate of drug-likeness (QED) is 0.261. The van der Waals surface area contributed by atoms with Crippen LogP contribution >= 0.6 is 11.3 Å². The van der Waals surface area contributed by atoms with E-state index in [-0.39, 0.29) is 38.7 Å². The molecule has 12 nitrogen and oxygen atoms in total. The Balaban J connectivity index is 1.82. The number of aryl methyl sites for hydroxylation is 2. The smallest absolute Gasteiger partial charge is 0.365 e. The van der Waals surface area contributed by atoms with E-state index in [1.807, 2.05) is 0 Å². The fraction of sp³-hybridized carbons (Fsp3) is 0.318. The number of hydrogen-bond donors (Lipinski definition) is 2. The van der Waals surface area contributed by atoms with E-state index in [2.05, 4.69) is 20.5 Å². The van der Waals surface area contributed by atoms with Crippen molar-refractivity contribution < 1.29 is 27.7 Å². The lowest BCUT2D eigenvalue weighted by Crippen LogP contribution is -2.26. The number of aromatic nitrogens is 5. The van der Waals surface area contributed by atoms with E-state index in [9.17, 15) is 32.9 Å². The van der Waals surface area contributed by atoms with E-state index < -0.39 is 34.5 Å². The first-order chi connectivity index (χ1) is 17.7. The summed E-state index contributed by atoms with van der Waals surface area (Å²) in [6.45, 7) is 4.75. The molecule has 4 aromatic heterocycles. The maximum atomic E-state index is 13.7. The molecule has 0 saturated carbocycles. The number of nitrogens with zero attached hydrogens (tertiary/aromatic N) is 6. The highest BCUT2D eigenvalue weighted by Gasteiger charge is 2.35. The van der Waals surface area contributed by atoms with Gasteiger partial charge in [0, 0.05) is 23.7 Å². The van der Waals surface area contributed by atoms with E-state index in [1.54, 1.807) is 20.9 Å². The van der Waals surface area contributed by atoms with Crippen molar-refractivity contribution in [3.05, 3.63) is 50.4 Å². The highest BCUT2D eigenvalue weighted by molar-refractivity contribution is 7.21. The Morgan fingerprint density at radius 1 is 1.26 bits per heavy atom. The number of amides is 2. The van der Waals surface area contributed by atoms with Gasteiger partial charge in [-0.15, -0.1) is 11.3 Å². The number of nitrogens with one attached hydrogen (secondary N) is 1. The Kier molecular flexibility index (Phi) is 6.69. The molecule has 0 fully saturated rings. The molecule has 0 aliphatic carbocycles. The second-order valence-electron chi connectivity index (χ2n) is 8.64. The minimum atomic E-state index is -4.78. The summed E-state index contributed by atoms with van der Waals surface area (Å²) in [4.78, 5) is 39.2. The Morgan fingerprint density at radius 3 is 2.47 bits per heavy atom. The summed E-state index contributed by atoms with van der Waals surface area (Å²) in [5.41, 5.74) is 5.69. The van der Waals surface area contributed by atoms with Crippen molar-refractivity contribution in [3.63, 3.8) is 0 Å². The van der Waals surface area contributed by atoms with Crippen LogP contribution in [0.25, 0.3) is 21.3 Å². The van der Waals surface area contributed by atoms with Gasteiger partial charge in [-0.3, -0.25) is 14.3 Å². The third kappa shape index (κ3) is 4.81. The first kappa shape index (κ1) is 26.7. The zero-order valence-corrected chi connectivity index (χ0v) is 21.3. The molecule has 200 valence electrons. The van der Waals surface area contributed by atoms with Crippen LogP contribution in [-0.2, 0) is 24.6 Å². The van der Waals surface area contributed by atoms with Crippen LogP contribution in [0.1, 0.15) is 33.7 Å². The number of carbonyl (C=O) groups excluding carboxylic acids is 2. The lowest BCUT2D eigenvalue weighted by Gasteiger charge is -2.14. The van der Waals surface area contributed by atoms with Gasteiger partial charge in [-0.2, -0.15) is 23.0 Å². The Bertz CT molecular complexity index is 1600. The molecule has 0 aliphatic rings. The fourth-order valence-corrected chi connectivity index (χ4v) is 4.87. The standard InChI is InChI=1S/C22H21F3N8O4S/c1-9(8-32-10(2)5-15(30-32)33(36)37)20(35)29-17-16-12(13-7-27-31(4)11(13)3)6-14(22(23,24)25)28-21(16)38-18(17)19(26)34/h5-7,9H,8H2,1-4H3,(H2,26,34)(H,29,35). The Labute approximate surface area is 216 Å². The molecule has 38 heavy (non-hydrogen) atoms. The van der Waals surface area contributed by atoms with E-state index in [0.717, 1.165) is 6.07 Å². The zero-order chi connectivity index (χ0) is 28.1. The zero-order valence-electron chi connectivity index (χ0n) is 20.5. The van der Waals surface area contributed by atoms with Gasteiger partial charge in [-0.1, -0.05) is 6.92 Å². The second-order valence-corrected chi connectivity index (χ2v) is 9.64. The van der Waals surface area contributed by atoms with E-state index in [0.29, 0.717) is 28.3 Å². The monoisotopic (exact) mass is 550 g/mol. The number of pyridine rings is 1. The molecule has 0 aliphatic heterocycles. The number of carbonyl (C=O) groups is 2. The number of fused-ring (bicyclic) bond motifs is 1. The van der Waals surface area contributed by atoms with Gasteiger partial charge >= 0.3 is 12.0 Å². The Hall–Kier alpha value is -4.34. The van der Waals surface area contributed by atoms with E-state index in [1.165, 1.54) is 28.6 Å². The molecule has 4 rings (SSSR count). The van der Waals surface area contributed by atoms with E-state index in [4.69, 9.17) is 5.73 Å². The van der Waals surface area contributed by atoms with Crippen molar-refractivity contribution in [2.24, 2.45) is 18.7 Å². The van der Waals surface area contributed by atoms with Crippen LogP contribution in [0.15, 0.2) is 18.3 Å². The van der Waals surface area contributed by atoms with Crippen molar-refractivity contribution in [1.82, 2.24) is 24.5 Å². The van der Waals surface area contributed by atoms with Crippen molar-refractivity contribution >= 4 is 44.9 Å². The molecule has 0 saturated heterocycles. The average Bonchev–Trinajstić information content (AvgIpc) is 3.48. The van der Waals surface area contributed by atoms with Gasteiger partial charge in [-0.25, -0.2) is 4.98 Å². The van der Waals surface area contributed by atoms with Gasteiger partial charge in [0.2, 0.25) is 5.91 Å². The van der Waals surface area contributed by atoms with Gasteiger partial charge in [0.05, 0.1) is 41.2 Å². The summed E-state index contributed by atoms with van der Waals surface area (Å²) in [5.74, 6) is -2.76. The number of anilines is 1. The molecular formula is C22H21F3N8O4S. The molecule has 4 heterocycles. The highest BCUT2D eigenvalue weighted by Crippen LogP contribution is 2.44. The van der Waals surface area contributed by atoms with Crippen LogP contribution in [0, 0.1) is 29.9 Å². The third-order valence-corrected chi connectivity index (χ3v) is 7.10. The maximum Gasteiger partial charge on any atom is 0.433 e. The van der Waals surface area contributed by atoms with Gasteiger partial charge in [0.1, 0.15) is 15.4 Å². The molecule has 1 unspecified atom stereocenters. The summed E-state index contributed by atoms with van der Waals surface area (Å²) in [5, 5.41) is 21.7. The predicted molar refractivity (Wildman–Crippen MR) is 131 cm³/mol. The summed E-state index contributed by atoms with van der Waals surface area (Å²) in [7, 11) is 1.62. The van der Waals surface area contributed by atoms with Crippen LogP contribution < -0.4 is 11.1 Å². The molecule has 0 spiro atoms. The highest BCUT2D eigenvalue weighted by atomic mass is 32.1. The number of hydrogen-bond acceptors (Lipinski definition) is 8. The normalized spacial score (nSPS) is 12.6. The molecule has 2 amide bonds. The Morgan fingerprint density at radius 2 is 1.95 bits per heavy atom. The summed E-state index contributed by atoms with van der Waals surface area (Å²) >= 11 is 0.630. The molecule has 0 radical (unpaired) electrons. The van der Waals surface area contributed by atoms with Crippen LogP contribution in [-0.4, -0.2) is 41.3 Å². The second kappa shape index (κ2) is 9.51. The molecule has 3 N–H and O–H groups in total. The number of nitrogens with two attached hydrogens (primary N) is 1.